The van der Waals surface area contributed by atoms with Gasteiger partial charge in [-0.15, -0.1) is 11.3 Å². The van der Waals surface area contributed by atoms with E-state index < -0.39 is 0 Å². The van der Waals surface area contributed by atoms with Crippen LogP contribution in [0.4, 0.5) is 0 Å². The van der Waals surface area contributed by atoms with E-state index in [1.807, 2.05) is 16.8 Å². The van der Waals surface area contributed by atoms with Crippen LogP contribution in [0, 0.1) is 18.8 Å². The van der Waals surface area contributed by atoms with Crippen molar-refractivity contribution < 1.29 is 0 Å². The van der Waals surface area contributed by atoms with Gasteiger partial charge in [-0.2, -0.15) is 0 Å². The van der Waals surface area contributed by atoms with Gasteiger partial charge in [-0.25, -0.2) is 4.98 Å². The third-order valence-corrected chi connectivity index (χ3v) is 6.07. The molecule has 1 saturated carbocycles. The van der Waals surface area contributed by atoms with Gasteiger partial charge in [0.2, 0.25) is 0 Å². The highest BCUT2D eigenvalue weighted by molar-refractivity contribution is 7.09. The van der Waals surface area contributed by atoms with Gasteiger partial charge in [-0.05, 0) is 38.5 Å². The van der Waals surface area contributed by atoms with Gasteiger partial charge in [0.25, 0.3) is 0 Å². The summed E-state index contributed by atoms with van der Waals surface area (Å²) in [5.74, 6) is 1.58. The average Bonchev–Trinajstić information content (AvgIpc) is 3.16. The van der Waals surface area contributed by atoms with E-state index in [1.165, 1.54) is 30.0 Å². The topological polar surface area (TPSA) is 28.2 Å². The summed E-state index contributed by atoms with van der Waals surface area (Å²) in [4.78, 5) is 8.56. The maximum absolute atomic E-state index is 4.41. The molecule has 112 valence electrons. The van der Waals surface area contributed by atoms with E-state index in [0.29, 0.717) is 17.5 Å². The Kier molecular flexibility index (Phi) is 3.91. The summed E-state index contributed by atoms with van der Waals surface area (Å²) in [5, 5.41) is 3.86. The smallest absolute Gasteiger partial charge is 0.0798 e. The molecule has 2 fully saturated rings. The Balaban J connectivity index is 1.77. The van der Waals surface area contributed by atoms with Crippen molar-refractivity contribution in [2.24, 2.45) is 11.8 Å². The van der Waals surface area contributed by atoms with Crippen LogP contribution in [-0.4, -0.2) is 34.6 Å². The fourth-order valence-electron chi connectivity index (χ4n) is 3.55. The second kappa shape index (κ2) is 5.39. The number of thiazole rings is 1. The number of piperazine rings is 1. The Morgan fingerprint density at radius 1 is 1.50 bits per heavy atom. The van der Waals surface area contributed by atoms with Crippen LogP contribution < -0.4 is 5.32 Å². The zero-order valence-corrected chi connectivity index (χ0v) is 14.0. The zero-order chi connectivity index (χ0) is 14.3. The summed E-state index contributed by atoms with van der Waals surface area (Å²) < 4.78 is 0. The molecule has 1 saturated heterocycles. The quantitative estimate of drug-likeness (QED) is 0.925. The minimum absolute atomic E-state index is 0.323. The Labute approximate surface area is 126 Å². The van der Waals surface area contributed by atoms with Crippen molar-refractivity contribution in [3.8, 4) is 0 Å². The number of rotatable bonds is 4. The van der Waals surface area contributed by atoms with Gasteiger partial charge in [0.1, 0.15) is 0 Å². The van der Waals surface area contributed by atoms with Crippen molar-refractivity contribution in [3.05, 3.63) is 16.1 Å². The zero-order valence-electron chi connectivity index (χ0n) is 13.1. The van der Waals surface area contributed by atoms with Crippen molar-refractivity contribution in [3.63, 3.8) is 0 Å². The van der Waals surface area contributed by atoms with E-state index in [4.69, 9.17) is 0 Å². The number of hydrogen-bond donors (Lipinski definition) is 1. The van der Waals surface area contributed by atoms with Gasteiger partial charge in [-0.1, -0.05) is 13.8 Å². The molecule has 3 rings (SSSR count). The van der Waals surface area contributed by atoms with E-state index in [9.17, 15) is 0 Å². The Morgan fingerprint density at radius 3 is 2.80 bits per heavy atom. The second-order valence-electron chi connectivity index (χ2n) is 7.15. The van der Waals surface area contributed by atoms with Gasteiger partial charge < -0.3 is 5.32 Å². The number of nitrogens with one attached hydrogen (secondary N) is 1. The minimum atomic E-state index is 0.323. The predicted octanol–water partition coefficient (Wildman–Crippen LogP) is 3.05. The number of aryl methyl sites for hydroxylation is 1. The standard InChI is InChI=1S/C16H27N3S/c1-11(2)14-7-18-16(4,13-5-6-13)9-19(14)8-15-12(3)17-10-20-15/h10-11,13-14,18H,5-9H2,1-4H3. The Morgan fingerprint density at radius 2 is 2.25 bits per heavy atom. The first kappa shape index (κ1) is 14.5. The van der Waals surface area contributed by atoms with Crippen LogP contribution in [0.15, 0.2) is 5.51 Å². The molecule has 2 aliphatic rings. The molecule has 0 amide bonds. The highest BCUT2D eigenvalue weighted by Crippen LogP contribution is 2.42. The lowest BCUT2D eigenvalue weighted by Gasteiger charge is -2.48. The number of aromatic nitrogens is 1. The van der Waals surface area contributed by atoms with E-state index >= 15 is 0 Å². The molecule has 20 heavy (non-hydrogen) atoms. The molecule has 1 N–H and O–H groups in total. The van der Waals surface area contributed by atoms with Crippen molar-refractivity contribution in [2.75, 3.05) is 13.1 Å². The van der Waals surface area contributed by atoms with E-state index in [0.717, 1.165) is 19.0 Å². The van der Waals surface area contributed by atoms with Crippen molar-refractivity contribution in [2.45, 2.75) is 58.7 Å². The van der Waals surface area contributed by atoms with Crippen molar-refractivity contribution in [1.29, 1.82) is 0 Å². The predicted molar refractivity (Wildman–Crippen MR) is 85.0 cm³/mol. The molecule has 3 nitrogen and oxygen atoms in total. The summed E-state index contributed by atoms with van der Waals surface area (Å²) in [6, 6.07) is 0.642. The molecule has 1 aromatic rings. The summed E-state index contributed by atoms with van der Waals surface area (Å²) in [7, 11) is 0. The van der Waals surface area contributed by atoms with Crippen molar-refractivity contribution >= 4 is 11.3 Å². The van der Waals surface area contributed by atoms with E-state index in [2.05, 4.69) is 42.9 Å². The summed E-state index contributed by atoms with van der Waals surface area (Å²) in [6.45, 7) is 12.6. The van der Waals surface area contributed by atoms with Crippen LogP contribution in [0.25, 0.3) is 0 Å². The molecule has 0 spiro atoms. The molecule has 1 aromatic heterocycles. The van der Waals surface area contributed by atoms with Gasteiger partial charge in [0.15, 0.2) is 0 Å². The normalized spacial score (nSPS) is 31.9. The molecule has 2 atom stereocenters. The van der Waals surface area contributed by atoms with Gasteiger partial charge >= 0.3 is 0 Å². The summed E-state index contributed by atoms with van der Waals surface area (Å²) in [5.41, 5.74) is 3.52. The molecule has 2 unspecified atom stereocenters. The average molecular weight is 293 g/mol. The van der Waals surface area contributed by atoms with Crippen LogP contribution in [0.1, 0.15) is 44.2 Å². The fraction of sp³-hybridized carbons (Fsp3) is 0.812. The molecule has 1 aliphatic heterocycles. The first-order valence-electron chi connectivity index (χ1n) is 7.87. The van der Waals surface area contributed by atoms with E-state index in [-0.39, 0.29) is 0 Å². The van der Waals surface area contributed by atoms with Crippen LogP contribution >= 0.6 is 11.3 Å². The van der Waals surface area contributed by atoms with Crippen molar-refractivity contribution in [1.82, 2.24) is 15.2 Å². The van der Waals surface area contributed by atoms with Crippen LogP contribution in [-0.2, 0) is 6.54 Å². The monoisotopic (exact) mass is 293 g/mol. The fourth-order valence-corrected chi connectivity index (χ4v) is 4.35. The minimum Gasteiger partial charge on any atom is -0.308 e. The maximum Gasteiger partial charge on any atom is 0.0798 e. The molecule has 2 heterocycles. The summed E-state index contributed by atoms with van der Waals surface area (Å²) >= 11 is 1.81. The SMILES string of the molecule is Cc1ncsc1CN1CC(C)(C2CC2)NCC1C(C)C. The van der Waals surface area contributed by atoms with Gasteiger partial charge in [-0.3, -0.25) is 4.90 Å². The largest absolute Gasteiger partial charge is 0.308 e. The molecule has 1 aliphatic carbocycles. The highest BCUT2D eigenvalue weighted by Gasteiger charge is 2.46. The number of nitrogens with zero attached hydrogens (tertiary/aromatic N) is 2. The second-order valence-corrected chi connectivity index (χ2v) is 8.09. The molecular weight excluding hydrogens is 266 g/mol. The van der Waals surface area contributed by atoms with Gasteiger partial charge in [0, 0.05) is 36.1 Å². The molecular formula is C16H27N3S. The maximum atomic E-state index is 4.41. The highest BCUT2D eigenvalue weighted by atomic mass is 32.1. The Bertz CT molecular complexity index is 466. The lowest BCUT2D eigenvalue weighted by atomic mass is 9.88. The third-order valence-electron chi connectivity index (χ3n) is 5.16. The van der Waals surface area contributed by atoms with Crippen LogP contribution in [0.5, 0.6) is 0 Å². The van der Waals surface area contributed by atoms with Gasteiger partial charge in [0.05, 0.1) is 11.2 Å². The lowest BCUT2D eigenvalue weighted by molar-refractivity contribution is 0.0468. The molecule has 0 aromatic carbocycles. The molecule has 0 bridgehead atoms. The first-order chi connectivity index (χ1) is 9.49. The summed E-state index contributed by atoms with van der Waals surface area (Å²) in [6.07, 6.45) is 2.81. The first-order valence-corrected chi connectivity index (χ1v) is 8.75. The lowest BCUT2D eigenvalue weighted by Crippen LogP contribution is -2.64. The molecule has 4 heteroatoms. The van der Waals surface area contributed by atoms with Crippen LogP contribution in [0.3, 0.4) is 0 Å². The number of hydrogen-bond acceptors (Lipinski definition) is 4. The molecule has 0 radical (unpaired) electrons. The third kappa shape index (κ3) is 2.78. The van der Waals surface area contributed by atoms with E-state index in [1.54, 1.807) is 0 Å². The Hall–Kier alpha value is -0.450. The van der Waals surface area contributed by atoms with Crippen LogP contribution in [0.2, 0.25) is 0 Å².